The number of carbonyl (C=O) groups is 1. The maximum absolute atomic E-state index is 11.9. The molecule has 1 aliphatic heterocycles. The number of nitrogens with one attached hydrogen (secondary N) is 1. The van der Waals surface area contributed by atoms with Crippen molar-refractivity contribution >= 4 is 5.91 Å². The predicted molar refractivity (Wildman–Crippen MR) is 82.7 cm³/mol. The van der Waals surface area contributed by atoms with Gasteiger partial charge >= 0.3 is 0 Å². The van der Waals surface area contributed by atoms with Crippen molar-refractivity contribution in [1.29, 1.82) is 0 Å². The lowest BCUT2D eigenvalue weighted by atomic mass is 9.97. The minimum absolute atomic E-state index is 0.220. The lowest BCUT2D eigenvalue weighted by molar-refractivity contribution is -0.130. The van der Waals surface area contributed by atoms with Crippen LogP contribution in [0.3, 0.4) is 0 Å². The topological polar surface area (TPSA) is 41.6 Å². The average molecular weight is 284 g/mol. The van der Waals surface area contributed by atoms with Gasteiger partial charge in [0.25, 0.3) is 0 Å². The molecule has 118 valence electrons. The zero-order valence-electron chi connectivity index (χ0n) is 13.7. The molecule has 0 bridgehead atoms. The highest BCUT2D eigenvalue weighted by Crippen LogP contribution is 2.16. The number of hydrogen-bond acceptors (Lipinski definition) is 3. The zero-order valence-corrected chi connectivity index (χ0v) is 13.7. The van der Waals surface area contributed by atoms with Gasteiger partial charge in [-0.15, -0.1) is 0 Å². The van der Waals surface area contributed by atoms with E-state index in [1.807, 2.05) is 0 Å². The zero-order chi connectivity index (χ0) is 15.0. The van der Waals surface area contributed by atoms with Crippen molar-refractivity contribution in [2.45, 2.75) is 53.1 Å². The van der Waals surface area contributed by atoms with E-state index in [4.69, 9.17) is 4.74 Å². The van der Waals surface area contributed by atoms with Crippen LogP contribution in [0.15, 0.2) is 0 Å². The van der Waals surface area contributed by atoms with Gasteiger partial charge in [-0.1, -0.05) is 13.8 Å². The summed E-state index contributed by atoms with van der Waals surface area (Å²) in [4.78, 5) is 14.2. The first-order valence-electron chi connectivity index (χ1n) is 8.10. The Bertz CT molecular complexity index is 274. The standard InChI is InChI=1S/C16H32N2O2/c1-13(2)10-18-11-15(12-18)16(19)17-8-6-5-7-9-20-14(3)4/h13-15H,5-12H2,1-4H3,(H,17,19). The molecule has 0 saturated carbocycles. The normalized spacial score (nSPS) is 16.7. The third-order valence-corrected chi connectivity index (χ3v) is 3.52. The van der Waals surface area contributed by atoms with Crippen LogP contribution >= 0.6 is 0 Å². The second kappa shape index (κ2) is 9.35. The SMILES string of the molecule is CC(C)CN1CC(C(=O)NCCCCCOC(C)C)C1. The lowest BCUT2D eigenvalue weighted by Crippen LogP contribution is -2.54. The number of nitrogens with zero attached hydrogens (tertiary/aromatic N) is 1. The first-order chi connectivity index (χ1) is 9.49. The third kappa shape index (κ3) is 7.25. The highest BCUT2D eigenvalue weighted by molar-refractivity contribution is 5.79. The summed E-state index contributed by atoms with van der Waals surface area (Å²) in [6.45, 7) is 13.2. The first-order valence-corrected chi connectivity index (χ1v) is 8.10. The Balaban J connectivity index is 1.92. The molecule has 0 aromatic carbocycles. The molecule has 1 amide bonds. The quantitative estimate of drug-likeness (QED) is 0.626. The Morgan fingerprint density at radius 2 is 1.90 bits per heavy atom. The van der Waals surface area contributed by atoms with Crippen molar-refractivity contribution in [3.05, 3.63) is 0 Å². The molecule has 1 heterocycles. The van der Waals surface area contributed by atoms with E-state index >= 15 is 0 Å². The van der Waals surface area contributed by atoms with E-state index in [-0.39, 0.29) is 11.8 Å². The minimum Gasteiger partial charge on any atom is -0.379 e. The van der Waals surface area contributed by atoms with Crippen LogP contribution in [-0.2, 0) is 9.53 Å². The summed E-state index contributed by atoms with van der Waals surface area (Å²) in [6, 6.07) is 0. The molecule has 0 unspecified atom stereocenters. The van der Waals surface area contributed by atoms with Crippen LogP contribution in [-0.4, -0.2) is 49.7 Å². The Morgan fingerprint density at radius 3 is 2.50 bits per heavy atom. The molecule has 1 rings (SSSR count). The van der Waals surface area contributed by atoms with Crippen LogP contribution in [0, 0.1) is 11.8 Å². The van der Waals surface area contributed by atoms with E-state index < -0.39 is 0 Å². The Labute approximate surface area is 124 Å². The second-order valence-corrected chi connectivity index (χ2v) is 6.58. The Hall–Kier alpha value is -0.610. The van der Waals surface area contributed by atoms with E-state index in [1.165, 1.54) is 0 Å². The summed E-state index contributed by atoms with van der Waals surface area (Å²) in [6.07, 6.45) is 3.58. The highest BCUT2D eigenvalue weighted by Gasteiger charge is 2.32. The van der Waals surface area contributed by atoms with E-state index in [1.54, 1.807) is 0 Å². The van der Waals surface area contributed by atoms with Gasteiger partial charge in [0, 0.05) is 32.8 Å². The number of rotatable bonds is 10. The lowest BCUT2D eigenvalue weighted by Gasteiger charge is -2.39. The van der Waals surface area contributed by atoms with E-state index in [0.29, 0.717) is 12.0 Å². The van der Waals surface area contributed by atoms with Gasteiger partial charge in [0.1, 0.15) is 0 Å². The molecule has 0 radical (unpaired) electrons. The van der Waals surface area contributed by atoms with Crippen LogP contribution in [0.4, 0.5) is 0 Å². The van der Waals surface area contributed by atoms with Gasteiger partial charge in [-0.25, -0.2) is 0 Å². The predicted octanol–water partition coefficient (Wildman–Crippen LogP) is 2.29. The fourth-order valence-corrected chi connectivity index (χ4v) is 2.48. The summed E-state index contributed by atoms with van der Waals surface area (Å²) < 4.78 is 5.48. The van der Waals surface area contributed by atoms with Crippen LogP contribution in [0.5, 0.6) is 0 Å². The van der Waals surface area contributed by atoms with Crippen molar-refractivity contribution in [3.8, 4) is 0 Å². The second-order valence-electron chi connectivity index (χ2n) is 6.58. The van der Waals surface area contributed by atoms with Gasteiger partial charge in [0.05, 0.1) is 12.0 Å². The smallest absolute Gasteiger partial charge is 0.225 e. The monoisotopic (exact) mass is 284 g/mol. The summed E-state index contributed by atoms with van der Waals surface area (Å²) in [7, 11) is 0. The Morgan fingerprint density at radius 1 is 1.20 bits per heavy atom. The fourth-order valence-electron chi connectivity index (χ4n) is 2.48. The van der Waals surface area contributed by atoms with E-state index in [9.17, 15) is 4.79 Å². The number of hydrogen-bond donors (Lipinski definition) is 1. The molecular formula is C16H32N2O2. The molecule has 0 aromatic rings. The van der Waals surface area contributed by atoms with Crippen molar-refractivity contribution in [2.24, 2.45) is 11.8 Å². The highest BCUT2D eigenvalue weighted by atomic mass is 16.5. The number of amides is 1. The first kappa shape index (κ1) is 17.4. The molecule has 0 atom stereocenters. The number of ether oxygens (including phenoxy) is 1. The van der Waals surface area contributed by atoms with Crippen LogP contribution in [0.25, 0.3) is 0 Å². The average Bonchev–Trinajstić information content (AvgIpc) is 2.31. The van der Waals surface area contributed by atoms with Gasteiger partial charge in [0.15, 0.2) is 0 Å². The molecule has 1 fully saturated rings. The minimum atomic E-state index is 0.220. The van der Waals surface area contributed by atoms with Crippen LogP contribution < -0.4 is 5.32 Å². The summed E-state index contributed by atoms with van der Waals surface area (Å²) in [5, 5.41) is 3.05. The maximum Gasteiger partial charge on any atom is 0.225 e. The molecule has 1 aliphatic rings. The summed E-state index contributed by atoms with van der Waals surface area (Å²) in [5.41, 5.74) is 0. The third-order valence-electron chi connectivity index (χ3n) is 3.52. The number of likely N-dealkylation sites (tertiary alicyclic amines) is 1. The van der Waals surface area contributed by atoms with E-state index in [2.05, 4.69) is 37.9 Å². The molecule has 1 N–H and O–H groups in total. The van der Waals surface area contributed by atoms with E-state index in [0.717, 1.165) is 52.0 Å². The summed E-state index contributed by atoms with van der Waals surface area (Å²) >= 11 is 0. The fraction of sp³-hybridized carbons (Fsp3) is 0.938. The van der Waals surface area contributed by atoms with Crippen LogP contribution in [0.2, 0.25) is 0 Å². The van der Waals surface area contributed by atoms with Gasteiger partial charge in [-0.2, -0.15) is 0 Å². The largest absolute Gasteiger partial charge is 0.379 e. The van der Waals surface area contributed by atoms with Gasteiger partial charge < -0.3 is 15.0 Å². The van der Waals surface area contributed by atoms with Crippen molar-refractivity contribution in [2.75, 3.05) is 32.8 Å². The molecule has 4 heteroatoms. The molecule has 1 saturated heterocycles. The number of unbranched alkanes of at least 4 members (excludes halogenated alkanes) is 2. The molecule has 4 nitrogen and oxygen atoms in total. The van der Waals surface area contributed by atoms with Crippen molar-refractivity contribution in [3.63, 3.8) is 0 Å². The maximum atomic E-state index is 11.9. The molecular weight excluding hydrogens is 252 g/mol. The molecule has 20 heavy (non-hydrogen) atoms. The van der Waals surface area contributed by atoms with Crippen molar-refractivity contribution < 1.29 is 9.53 Å². The molecule has 0 aromatic heterocycles. The van der Waals surface area contributed by atoms with Crippen LogP contribution in [0.1, 0.15) is 47.0 Å². The van der Waals surface area contributed by atoms with Crippen molar-refractivity contribution in [1.82, 2.24) is 10.2 Å². The summed E-state index contributed by atoms with van der Waals surface area (Å²) in [5.74, 6) is 1.15. The Kier molecular flexibility index (Phi) is 8.15. The number of carbonyl (C=O) groups excluding carboxylic acids is 1. The molecule has 0 spiro atoms. The van der Waals surface area contributed by atoms with Gasteiger partial charge in [-0.3, -0.25) is 4.79 Å². The van der Waals surface area contributed by atoms with Gasteiger partial charge in [0.2, 0.25) is 5.91 Å². The molecule has 0 aliphatic carbocycles. The van der Waals surface area contributed by atoms with Gasteiger partial charge in [-0.05, 0) is 39.0 Å².